The van der Waals surface area contributed by atoms with Crippen LogP contribution in [-0.4, -0.2) is 51.3 Å². The van der Waals surface area contributed by atoms with E-state index < -0.39 is 10.0 Å². The molecule has 8 heteroatoms. The minimum Gasteiger partial charge on any atom is -0.353 e. The van der Waals surface area contributed by atoms with Gasteiger partial charge in [-0.3, -0.25) is 9.59 Å². The van der Waals surface area contributed by atoms with Crippen LogP contribution in [0.25, 0.3) is 0 Å². The van der Waals surface area contributed by atoms with Crippen LogP contribution in [0.15, 0.2) is 89.8 Å². The molecule has 2 amide bonds. The third kappa shape index (κ3) is 5.70. The number of amides is 2. The average Bonchev–Trinajstić information content (AvgIpc) is 2.87. The van der Waals surface area contributed by atoms with Gasteiger partial charge in [-0.15, -0.1) is 0 Å². The Hall–Kier alpha value is -3.49. The van der Waals surface area contributed by atoms with Crippen LogP contribution in [0.1, 0.15) is 33.8 Å². The van der Waals surface area contributed by atoms with Crippen molar-refractivity contribution in [2.75, 3.05) is 26.2 Å². The summed E-state index contributed by atoms with van der Waals surface area (Å²) in [4.78, 5) is 25.8. The van der Waals surface area contributed by atoms with Crippen molar-refractivity contribution in [3.8, 4) is 0 Å². The number of benzene rings is 3. The van der Waals surface area contributed by atoms with E-state index in [-0.39, 0.29) is 41.3 Å². The molecule has 0 bridgehead atoms. The molecule has 1 aliphatic heterocycles. The van der Waals surface area contributed by atoms with E-state index in [4.69, 9.17) is 0 Å². The molecule has 7 nitrogen and oxygen atoms in total. The highest BCUT2D eigenvalue weighted by molar-refractivity contribution is 7.89. The van der Waals surface area contributed by atoms with Crippen LogP contribution in [0.2, 0.25) is 0 Å². The minimum atomic E-state index is -3.82. The molecule has 1 saturated heterocycles. The molecule has 0 atom stereocenters. The van der Waals surface area contributed by atoms with Crippen molar-refractivity contribution in [3.05, 3.63) is 102 Å². The summed E-state index contributed by atoms with van der Waals surface area (Å²) in [7, 11) is -3.82. The minimum absolute atomic E-state index is 0.0239. The van der Waals surface area contributed by atoms with Crippen molar-refractivity contribution >= 4 is 21.8 Å². The van der Waals surface area contributed by atoms with Crippen molar-refractivity contribution in [3.63, 3.8) is 0 Å². The van der Waals surface area contributed by atoms with E-state index in [1.807, 2.05) is 60.7 Å². The first-order chi connectivity index (χ1) is 16.4. The van der Waals surface area contributed by atoms with Crippen molar-refractivity contribution in [2.45, 2.75) is 17.2 Å². The number of rotatable bonds is 8. The first-order valence-corrected chi connectivity index (χ1v) is 12.7. The zero-order chi connectivity index (χ0) is 24.0. The van der Waals surface area contributed by atoms with Crippen LogP contribution in [-0.2, 0) is 14.8 Å². The fourth-order valence-electron chi connectivity index (χ4n) is 4.11. The van der Waals surface area contributed by atoms with Gasteiger partial charge < -0.3 is 10.2 Å². The molecule has 3 aromatic rings. The quantitative estimate of drug-likeness (QED) is 0.522. The summed E-state index contributed by atoms with van der Waals surface area (Å²) in [6.07, 6.45) is 0.578. The first-order valence-electron chi connectivity index (χ1n) is 11.2. The number of carbonyl (C=O) groups is 2. The number of nitrogens with zero attached hydrogens (tertiary/aromatic N) is 1. The maximum absolute atomic E-state index is 13.0. The Morgan fingerprint density at radius 2 is 1.59 bits per heavy atom. The molecule has 34 heavy (non-hydrogen) atoms. The van der Waals surface area contributed by atoms with E-state index in [1.165, 1.54) is 17.0 Å². The lowest BCUT2D eigenvalue weighted by Gasteiger charge is -2.26. The maximum atomic E-state index is 13.0. The Balaban J connectivity index is 1.46. The first kappa shape index (κ1) is 23.7. The highest BCUT2D eigenvalue weighted by atomic mass is 32.2. The average molecular weight is 478 g/mol. The normalized spacial score (nSPS) is 14.1. The molecule has 1 heterocycles. The highest BCUT2D eigenvalue weighted by Crippen LogP contribution is 2.27. The van der Waals surface area contributed by atoms with Crippen molar-refractivity contribution < 1.29 is 18.0 Å². The smallest absolute Gasteiger partial charge is 0.254 e. The SMILES string of the molecule is O=C1CN(C(=O)c2cccc(S(=O)(=O)NCCC(c3ccccc3)c3ccccc3)c2)CCN1. The molecule has 4 rings (SSSR count). The van der Waals surface area contributed by atoms with E-state index >= 15 is 0 Å². The summed E-state index contributed by atoms with van der Waals surface area (Å²) in [6, 6.07) is 25.9. The van der Waals surface area contributed by atoms with Gasteiger partial charge in [0.2, 0.25) is 15.9 Å². The lowest BCUT2D eigenvalue weighted by molar-refractivity contribution is -0.123. The second-order valence-corrected chi connectivity index (χ2v) is 9.93. The van der Waals surface area contributed by atoms with E-state index in [9.17, 15) is 18.0 Å². The molecule has 0 aromatic heterocycles. The number of carbonyl (C=O) groups excluding carboxylic acids is 2. The van der Waals surface area contributed by atoms with E-state index in [1.54, 1.807) is 12.1 Å². The summed E-state index contributed by atoms with van der Waals surface area (Å²) >= 11 is 0. The molecule has 3 aromatic carbocycles. The topological polar surface area (TPSA) is 95.6 Å². The molecule has 2 N–H and O–H groups in total. The molecule has 0 aliphatic carbocycles. The summed E-state index contributed by atoms with van der Waals surface area (Å²) in [6.45, 7) is 0.976. The van der Waals surface area contributed by atoms with Crippen molar-refractivity contribution in [1.82, 2.24) is 14.9 Å². The lowest BCUT2D eigenvalue weighted by atomic mass is 9.89. The maximum Gasteiger partial charge on any atom is 0.254 e. The number of sulfonamides is 1. The molecule has 0 spiro atoms. The van der Waals surface area contributed by atoms with E-state index in [2.05, 4.69) is 10.0 Å². The van der Waals surface area contributed by atoms with E-state index in [0.717, 1.165) is 11.1 Å². The van der Waals surface area contributed by atoms with Gasteiger partial charge in [-0.05, 0) is 35.7 Å². The second-order valence-electron chi connectivity index (χ2n) is 8.16. The van der Waals surface area contributed by atoms with Crippen LogP contribution < -0.4 is 10.0 Å². The molecule has 1 aliphatic rings. The molecule has 0 radical (unpaired) electrons. The Labute approximate surface area is 199 Å². The fraction of sp³-hybridized carbons (Fsp3) is 0.231. The van der Waals surface area contributed by atoms with Gasteiger partial charge in [-0.2, -0.15) is 0 Å². The van der Waals surface area contributed by atoms with Gasteiger partial charge in [0, 0.05) is 31.1 Å². The predicted molar refractivity (Wildman–Crippen MR) is 130 cm³/mol. The fourth-order valence-corrected chi connectivity index (χ4v) is 5.20. The monoisotopic (exact) mass is 477 g/mol. The number of piperazine rings is 1. The third-order valence-corrected chi connectivity index (χ3v) is 7.30. The van der Waals surface area contributed by atoms with Crippen LogP contribution in [0.5, 0.6) is 0 Å². The van der Waals surface area contributed by atoms with Crippen molar-refractivity contribution in [2.24, 2.45) is 0 Å². The Morgan fingerprint density at radius 1 is 0.941 bits per heavy atom. The molecule has 1 fully saturated rings. The van der Waals surface area contributed by atoms with Gasteiger partial charge in [0.05, 0.1) is 11.4 Å². The standard InChI is InChI=1S/C26H27N3O4S/c30-25-19-29(17-16-27-25)26(31)22-12-7-13-23(18-22)34(32,33)28-15-14-24(20-8-3-1-4-9-20)21-10-5-2-6-11-21/h1-13,18,24,28H,14-17,19H2,(H,27,30). The van der Waals surface area contributed by atoms with E-state index in [0.29, 0.717) is 19.5 Å². The summed E-state index contributed by atoms with van der Waals surface area (Å²) in [5, 5.41) is 2.67. The van der Waals surface area contributed by atoms with Crippen LogP contribution in [0, 0.1) is 0 Å². The van der Waals surface area contributed by atoms with Crippen LogP contribution >= 0.6 is 0 Å². The predicted octanol–water partition coefficient (Wildman–Crippen LogP) is 2.76. The van der Waals surface area contributed by atoms with Gasteiger partial charge in [-0.25, -0.2) is 13.1 Å². The summed E-state index contributed by atoms with van der Waals surface area (Å²) in [5.74, 6) is -0.542. The molecular weight excluding hydrogens is 450 g/mol. The summed E-state index contributed by atoms with van der Waals surface area (Å²) in [5.41, 5.74) is 2.47. The molecule has 0 saturated carbocycles. The van der Waals surface area contributed by atoms with Gasteiger partial charge in [-0.1, -0.05) is 66.7 Å². The lowest BCUT2D eigenvalue weighted by Crippen LogP contribution is -2.50. The Kier molecular flexibility index (Phi) is 7.40. The van der Waals surface area contributed by atoms with Gasteiger partial charge in [0.1, 0.15) is 0 Å². The number of nitrogens with one attached hydrogen (secondary N) is 2. The molecular formula is C26H27N3O4S. The highest BCUT2D eigenvalue weighted by Gasteiger charge is 2.24. The third-order valence-electron chi connectivity index (χ3n) is 5.85. The van der Waals surface area contributed by atoms with Crippen LogP contribution in [0.3, 0.4) is 0 Å². The van der Waals surface area contributed by atoms with Crippen LogP contribution in [0.4, 0.5) is 0 Å². The number of hydrogen-bond donors (Lipinski definition) is 2. The zero-order valence-corrected chi connectivity index (χ0v) is 19.5. The molecule has 176 valence electrons. The second kappa shape index (κ2) is 10.6. The molecule has 0 unspecified atom stereocenters. The summed E-state index contributed by atoms with van der Waals surface area (Å²) < 4.78 is 28.7. The van der Waals surface area contributed by atoms with Gasteiger partial charge in [0.15, 0.2) is 0 Å². The number of hydrogen-bond acceptors (Lipinski definition) is 4. The van der Waals surface area contributed by atoms with Crippen molar-refractivity contribution in [1.29, 1.82) is 0 Å². The Bertz CT molecular complexity index is 1210. The van der Waals surface area contributed by atoms with Gasteiger partial charge >= 0.3 is 0 Å². The zero-order valence-electron chi connectivity index (χ0n) is 18.7. The largest absolute Gasteiger partial charge is 0.353 e. The Morgan fingerprint density at radius 3 is 2.21 bits per heavy atom. The van der Waals surface area contributed by atoms with Gasteiger partial charge in [0.25, 0.3) is 5.91 Å².